The van der Waals surface area contributed by atoms with E-state index in [4.69, 9.17) is 10.2 Å². The van der Waals surface area contributed by atoms with Crippen LogP contribution in [0.25, 0.3) is 0 Å². The minimum atomic E-state index is -1.36. The largest absolute Gasteiger partial charge is 0.478 e. The Labute approximate surface area is 139 Å². The monoisotopic (exact) mass is 345 g/mol. The Morgan fingerprint density at radius 2 is 1.44 bits per heavy atom. The fraction of sp³-hybridized carbons (Fsp3) is 0. The van der Waals surface area contributed by atoms with Gasteiger partial charge in [-0.2, -0.15) is 0 Å². The lowest BCUT2D eigenvalue weighted by Crippen LogP contribution is -2.20. The van der Waals surface area contributed by atoms with Gasteiger partial charge in [0, 0.05) is 23.5 Å². The van der Waals surface area contributed by atoms with E-state index in [-0.39, 0.29) is 28.2 Å². The number of nitrogens with zero attached hydrogens (tertiary/aromatic N) is 1. The maximum atomic E-state index is 11.9. The van der Waals surface area contributed by atoms with Crippen molar-refractivity contribution in [2.75, 3.05) is 10.6 Å². The first-order valence-electron chi connectivity index (χ1n) is 6.70. The molecule has 2 aromatic rings. The summed E-state index contributed by atoms with van der Waals surface area (Å²) >= 11 is 0. The highest BCUT2D eigenvalue weighted by molar-refractivity contribution is 6.02. The molecule has 10 heteroatoms. The third-order valence-electron chi connectivity index (χ3n) is 3.00. The van der Waals surface area contributed by atoms with Crippen LogP contribution in [0.15, 0.2) is 42.5 Å². The van der Waals surface area contributed by atoms with E-state index in [1.165, 1.54) is 18.2 Å². The Morgan fingerprint density at radius 3 is 1.96 bits per heavy atom. The van der Waals surface area contributed by atoms with Gasteiger partial charge in [-0.1, -0.05) is 6.07 Å². The van der Waals surface area contributed by atoms with Gasteiger partial charge in [0.1, 0.15) is 0 Å². The Bertz CT molecular complexity index is 847. The van der Waals surface area contributed by atoms with E-state index < -0.39 is 22.9 Å². The van der Waals surface area contributed by atoms with Crippen molar-refractivity contribution in [2.45, 2.75) is 0 Å². The fourth-order valence-electron chi connectivity index (χ4n) is 1.94. The number of nitro benzene ring substituents is 1. The number of hydrogen-bond donors (Lipinski definition) is 4. The van der Waals surface area contributed by atoms with E-state index in [0.29, 0.717) is 0 Å². The van der Waals surface area contributed by atoms with Gasteiger partial charge in [0.15, 0.2) is 0 Å². The molecular formula is C15H11N3O7. The number of urea groups is 1. The zero-order valence-electron chi connectivity index (χ0n) is 12.4. The maximum absolute atomic E-state index is 11.9. The molecule has 0 heterocycles. The van der Waals surface area contributed by atoms with Gasteiger partial charge in [0.2, 0.25) is 0 Å². The number of hydrogen-bond acceptors (Lipinski definition) is 5. The van der Waals surface area contributed by atoms with E-state index in [1.54, 1.807) is 0 Å². The van der Waals surface area contributed by atoms with Crippen molar-refractivity contribution in [2.24, 2.45) is 0 Å². The highest BCUT2D eigenvalue weighted by Gasteiger charge is 2.13. The first kappa shape index (κ1) is 17.4. The molecule has 4 N–H and O–H groups in total. The van der Waals surface area contributed by atoms with Crippen LogP contribution < -0.4 is 10.6 Å². The number of carbonyl (C=O) groups excluding carboxylic acids is 1. The molecule has 2 rings (SSSR count). The van der Waals surface area contributed by atoms with Crippen molar-refractivity contribution >= 4 is 35.0 Å². The van der Waals surface area contributed by atoms with Gasteiger partial charge in [0.05, 0.1) is 16.1 Å². The molecule has 2 aromatic carbocycles. The second-order valence-corrected chi connectivity index (χ2v) is 4.80. The molecule has 10 nitrogen and oxygen atoms in total. The van der Waals surface area contributed by atoms with Gasteiger partial charge in [0.25, 0.3) is 5.69 Å². The summed E-state index contributed by atoms with van der Waals surface area (Å²) in [5, 5.41) is 33.3. The van der Waals surface area contributed by atoms with E-state index >= 15 is 0 Å². The minimum Gasteiger partial charge on any atom is -0.478 e. The Kier molecular flexibility index (Phi) is 4.93. The summed E-state index contributed by atoms with van der Waals surface area (Å²) in [5.74, 6) is -2.71. The molecule has 0 aliphatic heterocycles. The second-order valence-electron chi connectivity index (χ2n) is 4.80. The standard InChI is InChI=1S/C15H11N3O7/c19-13(20)8-4-9(14(21)22)6-11(5-8)17-15(23)16-10-2-1-3-12(7-10)18(24)25/h1-7H,(H,19,20)(H,21,22)(H2,16,17,23). The molecule has 0 aromatic heterocycles. The molecule has 0 saturated heterocycles. The Balaban J connectivity index is 2.20. The Hall–Kier alpha value is -3.95. The lowest BCUT2D eigenvalue weighted by atomic mass is 10.1. The molecule has 0 spiro atoms. The van der Waals surface area contributed by atoms with Crippen LogP contribution in [0.5, 0.6) is 0 Å². The molecule has 0 unspecified atom stereocenters. The van der Waals surface area contributed by atoms with Crippen molar-refractivity contribution < 1.29 is 29.5 Å². The molecule has 0 radical (unpaired) electrons. The van der Waals surface area contributed by atoms with Gasteiger partial charge in [-0.3, -0.25) is 10.1 Å². The lowest BCUT2D eigenvalue weighted by molar-refractivity contribution is -0.384. The normalized spacial score (nSPS) is 9.92. The van der Waals surface area contributed by atoms with Crippen molar-refractivity contribution in [3.63, 3.8) is 0 Å². The number of rotatable bonds is 5. The van der Waals surface area contributed by atoms with Crippen LogP contribution >= 0.6 is 0 Å². The van der Waals surface area contributed by atoms with E-state index in [9.17, 15) is 24.5 Å². The number of carbonyl (C=O) groups is 3. The molecule has 0 bridgehead atoms. The first-order valence-corrected chi connectivity index (χ1v) is 6.70. The average molecular weight is 345 g/mol. The summed E-state index contributed by atoms with van der Waals surface area (Å²) in [7, 11) is 0. The number of anilines is 2. The first-order chi connectivity index (χ1) is 11.8. The zero-order valence-corrected chi connectivity index (χ0v) is 12.4. The van der Waals surface area contributed by atoms with Gasteiger partial charge < -0.3 is 20.8 Å². The molecule has 0 aliphatic carbocycles. The number of carboxylic acids is 2. The predicted octanol–water partition coefficient (Wildman–Crippen LogP) is 2.64. The molecule has 0 saturated carbocycles. The Morgan fingerprint density at radius 1 is 0.880 bits per heavy atom. The third-order valence-corrected chi connectivity index (χ3v) is 3.00. The van der Waals surface area contributed by atoms with Crippen LogP contribution in [0.2, 0.25) is 0 Å². The molecule has 0 fully saturated rings. The van der Waals surface area contributed by atoms with E-state index in [1.807, 2.05) is 0 Å². The van der Waals surface area contributed by atoms with Crippen LogP contribution in [-0.2, 0) is 0 Å². The molecular weight excluding hydrogens is 334 g/mol. The maximum Gasteiger partial charge on any atom is 0.335 e. The van der Waals surface area contributed by atoms with Crippen molar-refractivity contribution in [1.82, 2.24) is 0 Å². The molecule has 2 amide bonds. The van der Waals surface area contributed by atoms with Crippen molar-refractivity contribution in [1.29, 1.82) is 0 Å². The average Bonchev–Trinajstić information content (AvgIpc) is 2.54. The summed E-state index contributed by atoms with van der Waals surface area (Å²) < 4.78 is 0. The number of nitrogens with one attached hydrogen (secondary N) is 2. The van der Waals surface area contributed by atoms with Crippen LogP contribution in [0.4, 0.5) is 21.9 Å². The number of benzene rings is 2. The predicted molar refractivity (Wildman–Crippen MR) is 86.1 cm³/mol. The van der Waals surface area contributed by atoms with E-state index in [2.05, 4.69) is 10.6 Å². The van der Waals surface area contributed by atoms with Crippen LogP contribution in [0.1, 0.15) is 20.7 Å². The number of nitro groups is 1. The topological polar surface area (TPSA) is 159 Å². The summed E-state index contributed by atoms with van der Waals surface area (Å²) in [5.41, 5.74) is -0.769. The number of carboxylic acid groups (broad SMARTS) is 2. The molecule has 25 heavy (non-hydrogen) atoms. The summed E-state index contributed by atoms with van der Waals surface area (Å²) in [6.45, 7) is 0. The smallest absolute Gasteiger partial charge is 0.335 e. The van der Waals surface area contributed by atoms with Crippen LogP contribution in [0, 0.1) is 10.1 Å². The number of amides is 2. The third kappa shape index (κ3) is 4.51. The minimum absolute atomic E-state index is 0.0553. The number of aromatic carboxylic acids is 2. The van der Waals surface area contributed by atoms with Crippen molar-refractivity contribution in [3.8, 4) is 0 Å². The highest BCUT2D eigenvalue weighted by Crippen LogP contribution is 2.19. The van der Waals surface area contributed by atoms with Gasteiger partial charge >= 0.3 is 18.0 Å². The zero-order chi connectivity index (χ0) is 18.6. The van der Waals surface area contributed by atoms with E-state index in [0.717, 1.165) is 24.3 Å². The van der Waals surface area contributed by atoms with Gasteiger partial charge in [-0.15, -0.1) is 0 Å². The van der Waals surface area contributed by atoms with Gasteiger partial charge in [-0.25, -0.2) is 14.4 Å². The van der Waals surface area contributed by atoms with Crippen molar-refractivity contribution in [3.05, 3.63) is 63.7 Å². The quantitative estimate of drug-likeness (QED) is 0.478. The molecule has 128 valence electrons. The number of non-ortho nitro benzene ring substituents is 1. The highest BCUT2D eigenvalue weighted by atomic mass is 16.6. The van der Waals surface area contributed by atoms with Crippen LogP contribution in [0.3, 0.4) is 0 Å². The lowest BCUT2D eigenvalue weighted by Gasteiger charge is -2.09. The SMILES string of the molecule is O=C(Nc1cc(C(=O)O)cc(C(=O)O)c1)Nc1cccc([N+](=O)[O-])c1. The van der Waals surface area contributed by atoms with Crippen LogP contribution in [-0.4, -0.2) is 33.1 Å². The molecule has 0 atom stereocenters. The van der Waals surface area contributed by atoms with Gasteiger partial charge in [-0.05, 0) is 24.3 Å². The fourth-order valence-corrected chi connectivity index (χ4v) is 1.94. The summed E-state index contributed by atoms with van der Waals surface area (Å²) in [6, 6.07) is 7.48. The molecule has 0 aliphatic rings. The summed E-state index contributed by atoms with van der Waals surface area (Å²) in [6.07, 6.45) is 0. The summed E-state index contributed by atoms with van der Waals surface area (Å²) in [4.78, 5) is 44.1. The second kappa shape index (κ2) is 7.08.